The monoisotopic (exact) mass is 331 g/mol. The van der Waals surface area contributed by atoms with Gasteiger partial charge in [0.25, 0.3) is 0 Å². The molecular formula is C19H29N3O2. The number of likely N-dealkylation sites (tertiary alicyclic amines) is 1. The highest BCUT2D eigenvalue weighted by Gasteiger charge is 2.44. The third kappa shape index (κ3) is 3.73. The second kappa shape index (κ2) is 7.81. The minimum Gasteiger partial charge on any atom is -0.472 e. The van der Waals surface area contributed by atoms with Crippen LogP contribution in [0.5, 0.6) is 5.88 Å². The van der Waals surface area contributed by atoms with E-state index in [-0.39, 0.29) is 12.2 Å². The first kappa shape index (κ1) is 16.3. The lowest BCUT2D eigenvalue weighted by molar-refractivity contribution is -0.0910. The molecule has 1 aliphatic carbocycles. The molecule has 132 valence electrons. The molecule has 0 amide bonds. The van der Waals surface area contributed by atoms with E-state index >= 15 is 0 Å². The number of hydrogen-bond donors (Lipinski definition) is 0. The Bertz CT molecular complexity index is 507. The lowest BCUT2D eigenvalue weighted by atomic mass is 10.1. The van der Waals surface area contributed by atoms with Crippen molar-refractivity contribution in [3.05, 3.63) is 24.4 Å². The molecule has 3 atom stereocenters. The molecule has 5 nitrogen and oxygen atoms in total. The average molecular weight is 331 g/mol. The van der Waals surface area contributed by atoms with Crippen LogP contribution < -0.4 is 4.74 Å². The summed E-state index contributed by atoms with van der Waals surface area (Å²) in [7, 11) is 0. The predicted molar refractivity (Wildman–Crippen MR) is 93.3 cm³/mol. The van der Waals surface area contributed by atoms with Crippen LogP contribution in [-0.2, 0) is 4.74 Å². The van der Waals surface area contributed by atoms with Crippen LogP contribution in [0, 0.1) is 0 Å². The van der Waals surface area contributed by atoms with Gasteiger partial charge in [-0.3, -0.25) is 4.90 Å². The summed E-state index contributed by atoms with van der Waals surface area (Å²) in [6.07, 6.45) is 8.50. The fraction of sp³-hybridized carbons (Fsp3) is 0.737. The van der Waals surface area contributed by atoms with Crippen molar-refractivity contribution in [1.82, 2.24) is 14.8 Å². The second-order valence-electron chi connectivity index (χ2n) is 7.24. The van der Waals surface area contributed by atoms with E-state index in [4.69, 9.17) is 9.47 Å². The van der Waals surface area contributed by atoms with Crippen LogP contribution in [0.15, 0.2) is 24.4 Å². The van der Waals surface area contributed by atoms with Crippen molar-refractivity contribution in [3.63, 3.8) is 0 Å². The Kier molecular flexibility index (Phi) is 5.30. The maximum Gasteiger partial charge on any atom is 0.213 e. The minimum absolute atomic E-state index is 0.141. The summed E-state index contributed by atoms with van der Waals surface area (Å²) < 4.78 is 12.2. The quantitative estimate of drug-likeness (QED) is 0.827. The van der Waals surface area contributed by atoms with Gasteiger partial charge in [0.05, 0.1) is 6.61 Å². The average Bonchev–Trinajstić information content (AvgIpc) is 3.05. The van der Waals surface area contributed by atoms with Crippen molar-refractivity contribution < 1.29 is 9.47 Å². The number of hydrogen-bond acceptors (Lipinski definition) is 5. The maximum absolute atomic E-state index is 6.11. The van der Waals surface area contributed by atoms with Gasteiger partial charge in [0, 0.05) is 37.9 Å². The summed E-state index contributed by atoms with van der Waals surface area (Å²) in [5.41, 5.74) is 0. The van der Waals surface area contributed by atoms with Gasteiger partial charge in [-0.25, -0.2) is 4.98 Å². The number of fused-ring (bicyclic) bond motifs is 1. The SMILES string of the molecule is c1ccc(O[C@H]2CC[C@H]3[C@H]2OCCN3CCN2CCCCC2)nc1. The Morgan fingerprint density at radius 2 is 2.00 bits per heavy atom. The number of ether oxygens (including phenoxy) is 2. The zero-order valence-corrected chi connectivity index (χ0v) is 14.5. The smallest absolute Gasteiger partial charge is 0.213 e. The largest absolute Gasteiger partial charge is 0.472 e. The topological polar surface area (TPSA) is 37.8 Å². The first-order valence-corrected chi connectivity index (χ1v) is 9.56. The molecule has 1 saturated carbocycles. The Labute approximate surface area is 144 Å². The fourth-order valence-corrected chi connectivity index (χ4v) is 4.42. The van der Waals surface area contributed by atoms with Gasteiger partial charge in [-0.1, -0.05) is 12.5 Å². The molecule has 1 aromatic heterocycles. The molecule has 3 fully saturated rings. The molecule has 3 aliphatic rings. The van der Waals surface area contributed by atoms with Crippen molar-refractivity contribution in [1.29, 1.82) is 0 Å². The van der Waals surface area contributed by atoms with Gasteiger partial charge in [0.2, 0.25) is 5.88 Å². The first-order chi connectivity index (χ1) is 11.9. The Balaban J connectivity index is 1.32. The van der Waals surface area contributed by atoms with Crippen LogP contribution in [0.25, 0.3) is 0 Å². The van der Waals surface area contributed by atoms with Gasteiger partial charge in [-0.2, -0.15) is 0 Å². The van der Waals surface area contributed by atoms with E-state index in [1.54, 1.807) is 6.20 Å². The van der Waals surface area contributed by atoms with Crippen LogP contribution >= 0.6 is 0 Å². The third-order valence-electron chi connectivity index (χ3n) is 5.71. The van der Waals surface area contributed by atoms with E-state index in [0.29, 0.717) is 6.04 Å². The molecule has 0 aromatic carbocycles. The fourth-order valence-electron chi connectivity index (χ4n) is 4.42. The van der Waals surface area contributed by atoms with E-state index in [1.165, 1.54) is 51.9 Å². The highest BCUT2D eigenvalue weighted by Crippen LogP contribution is 2.32. The van der Waals surface area contributed by atoms with Crippen molar-refractivity contribution in [3.8, 4) is 5.88 Å². The highest BCUT2D eigenvalue weighted by atomic mass is 16.5. The number of rotatable bonds is 5. The molecule has 0 unspecified atom stereocenters. The standard InChI is InChI=1S/C19H29N3O2/c1-4-10-21(11-5-1)12-13-22-14-15-23-19-16(22)7-8-17(19)24-18-6-2-3-9-20-18/h2-3,6,9,16-17,19H,1,4-5,7-8,10-15H2/t16-,17-,19+/m0/s1. The summed E-state index contributed by atoms with van der Waals surface area (Å²) in [5, 5.41) is 0. The van der Waals surface area contributed by atoms with E-state index in [0.717, 1.165) is 25.5 Å². The number of pyridine rings is 1. The van der Waals surface area contributed by atoms with Crippen LogP contribution in [0.1, 0.15) is 32.1 Å². The van der Waals surface area contributed by atoms with Crippen molar-refractivity contribution in [2.45, 2.75) is 50.4 Å². The lowest BCUT2D eigenvalue weighted by Gasteiger charge is -2.40. The van der Waals surface area contributed by atoms with Crippen molar-refractivity contribution >= 4 is 0 Å². The number of piperidine rings is 1. The van der Waals surface area contributed by atoms with Crippen molar-refractivity contribution in [2.75, 3.05) is 39.3 Å². The van der Waals surface area contributed by atoms with Crippen LogP contribution in [0.4, 0.5) is 0 Å². The Morgan fingerprint density at radius 1 is 1.08 bits per heavy atom. The molecule has 2 saturated heterocycles. The van der Waals surface area contributed by atoms with Gasteiger partial charge in [-0.05, 0) is 44.8 Å². The molecule has 1 aromatic rings. The van der Waals surface area contributed by atoms with E-state index in [9.17, 15) is 0 Å². The summed E-state index contributed by atoms with van der Waals surface area (Å²) in [5.74, 6) is 0.720. The number of aromatic nitrogens is 1. The second-order valence-corrected chi connectivity index (χ2v) is 7.24. The Hall–Kier alpha value is -1.17. The first-order valence-electron chi connectivity index (χ1n) is 9.56. The van der Waals surface area contributed by atoms with Crippen molar-refractivity contribution in [2.24, 2.45) is 0 Å². The lowest BCUT2D eigenvalue weighted by Crippen LogP contribution is -2.54. The Morgan fingerprint density at radius 3 is 2.83 bits per heavy atom. The van der Waals surface area contributed by atoms with E-state index in [1.807, 2.05) is 18.2 Å². The molecule has 3 heterocycles. The zero-order valence-electron chi connectivity index (χ0n) is 14.5. The molecule has 5 heteroatoms. The zero-order chi connectivity index (χ0) is 16.2. The third-order valence-corrected chi connectivity index (χ3v) is 5.71. The van der Waals surface area contributed by atoms with E-state index < -0.39 is 0 Å². The van der Waals surface area contributed by atoms with Crippen LogP contribution in [-0.4, -0.2) is 72.4 Å². The molecule has 2 aliphatic heterocycles. The minimum atomic E-state index is 0.141. The summed E-state index contributed by atoms with van der Waals surface area (Å²) in [6, 6.07) is 6.34. The number of morpholine rings is 1. The van der Waals surface area contributed by atoms with Crippen LogP contribution in [0.3, 0.4) is 0 Å². The molecule has 0 radical (unpaired) electrons. The normalized spacial score (nSPS) is 31.8. The van der Waals surface area contributed by atoms with Gasteiger partial charge >= 0.3 is 0 Å². The molecule has 24 heavy (non-hydrogen) atoms. The molecule has 0 bridgehead atoms. The molecule has 0 N–H and O–H groups in total. The highest BCUT2D eigenvalue weighted by molar-refractivity contribution is 5.11. The van der Waals surface area contributed by atoms with E-state index in [2.05, 4.69) is 14.8 Å². The van der Waals surface area contributed by atoms with Gasteiger partial charge in [0.15, 0.2) is 0 Å². The predicted octanol–water partition coefficient (Wildman–Crippen LogP) is 2.18. The van der Waals surface area contributed by atoms with Gasteiger partial charge < -0.3 is 14.4 Å². The van der Waals surface area contributed by atoms with Gasteiger partial charge in [0.1, 0.15) is 12.2 Å². The summed E-state index contributed by atoms with van der Waals surface area (Å²) in [4.78, 5) is 9.57. The van der Waals surface area contributed by atoms with Crippen LogP contribution in [0.2, 0.25) is 0 Å². The maximum atomic E-state index is 6.11. The van der Waals surface area contributed by atoms with Gasteiger partial charge in [-0.15, -0.1) is 0 Å². The number of nitrogens with zero attached hydrogens (tertiary/aromatic N) is 3. The molecule has 0 spiro atoms. The summed E-state index contributed by atoms with van der Waals surface area (Å²) in [6.45, 7) is 6.82. The molecular weight excluding hydrogens is 302 g/mol. The summed E-state index contributed by atoms with van der Waals surface area (Å²) >= 11 is 0. The molecule has 4 rings (SSSR count).